The SMILES string of the molecule is Cc1ccc(C(C)C)cc1CC(=O)NS(=O)(=O)N(c1cnn(C)c1)C1CCCN(C)C1. The molecule has 1 aliphatic heterocycles. The van der Waals surface area contributed by atoms with Gasteiger partial charge in [0.25, 0.3) is 0 Å². The van der Waals surface area contributed by atoms with Crippen molar-refractivity contribution >= 4 is 21.8 Å². The Bertz CT molecular complexity index is 1030. The van der Waals surface area contributed by atoms with Crippen LogP contribution in [0.4, 0.5) is 5.69 Å². The molecule has 0 aliphatic carbocycles. The molecule has 1 aromatic heterocycles. The number of nitrogens with one attached hydrogen (secondary N) is 1. The maximum Gasteiger partial charge on any atom is 0.326 e. The van der Waals surface area contributed by atoms with E-state index in [9.17, 15) is 13.2 Å². The van der Waals surface area contributed by atoms with Crippen molar-refractivity contribution in [2.45, 2.75) is 52.0 Å². The smallest absolute Gasteiger partial charge is 0.304 e. The molecule has 1 amide bonds. The lowest BCUT2D eigenvalue weighted by molar-refractivity contribution is -0.118. The van der Waals surface area contributed by atoms with E-state index in [1.165, 1.54) is 10.5 Å². The summed E-state index contributed by atoms with van der Waals surface area (Å²) in [6, 6.07) is 5.74. The number of rotatable bonds is 7. The van der Waals surface area contributed by atoms with Crippen LogP contribution in [0.3, 0.4) is 0 Å². The zero-order valence-corrected chi connectivity index (χ0v) is 19.8. The average Bonchev–Trinajstić information content (AvgIpc) is 3.08. The molecule has 0 bridgehead atoms. The van der Waals surface area contributed by atoms with Gasteiger partial charge in [0.1, 0.15) is 0 Å². The molecule has 31 heavy (non-hydrogen) atoms. The second-order valence-electron chi connectivity index (χ2n) is 8.77. The molecule has 8 nitrogen and oxygen atoms in total. The Hall–Kier alpha value is -2.39. The zero-order chi connectivity index (χ0) is 22.8. The molecular weight excluding hydrogens is 414 g/mol. The van der Waals surface area contributed by atoms with Gasteiger partial charge in [0, 0.05) is 19.8 Å². The summed E-state index contributed by atoms with van der Waals surface area (Å²) in [6.07, 6.45) is 4.81. The molecule has 1 aromatic carbocycles. The van der Waals surface area contributed by atoms with Gasteiger partial charge in [-0.25, -0.2) is 9.03 Å². The molecule has 9 heteroatoms. The summed E-state index contributed by atoms with van der Waals surface area (Å²) < 4.78 is 31.9. The van der Waals surface area contributed by atoms with E-state index in [4.69, 9.17) is 0 Å². The van der Waals surface area contributed by atoms with Gasteiger partial charge >= 0.3 is 10.2 Å². The van der Waals surface area contributed by atoms with Crippen molar-refractivity contribution < 1.29 is 13.2 Å². The third-order valence-electron chi connectivity index (χ3n) is 5.77. The van der Waals surface area contributed by atoms with Crippen molar-refractivity contribution in [1.29, 1.82) is 0 Å². The fourth-order valence-corrected chi connectivity index (χ4v) is 5.44. The van der Waals surface area contributed by atoms with E-state index in [0.717, 1.165) is 36.1 Å². The van der Waals surface area contributed by atoms with Gasteiger partial charge in [0.05, 0.1) is 24.3 Å². The summed E-state index contributed by atoms with van der Waals surface area (Å²) in [7, 11) is -0.374. The second kappa shape index (κ2) is 9.40. The Balaban J connectivity index is 1.83. The lowest BCUT2D eigenvalue weighted by Gasteiger charge is -2.37. The van der Waals surface area contributed by atoms with Crippen LogP contribution in [0.5, 0.6) is 0 Å². The van der Waals surface area contributed by atoms with E-state index < -0.39 is 16.1 Å². The first kappa shape index (κ1) is 23.3. The highest BCUT2D eigenvalue weighted by Crippen LogP contribution is 2.25. The van der Waals surface area contributed by atoms with Crippen LogP contribution in [0.15, 0.2) is 30.6 Å². The van der Waals surface area contributed by atoms with Crippen LogP contribution in [0.25, 0.3) is 0 Å². The van der Waals surface area contributed by atoms with Crippen molar-refractivity contribution in [3.05, 3.63) is 47.3 Å². The van der Waals surface area contributed by atoms with Crippen LogP contribution >= 0.6 is 0 Å². The van der Waals surface area contributed by atoms with Gasteiger partial charge in [0.15, 0.2) is 0 Å². The highest BCUT2D eigenvalue weighted by Gasteiger charge is 2.34. The molecule has 170 valence electrons. The van der Waals surface area contributed by atoms with Gasteiger partial charge in [-0.15, -0.1) is 0 Å². The van der Waals surface area contributed by atoms with Crippen molar-refractivity contribution in [1.82, 2.24) is 19.4 Å². The van der Waals surface area contributed by atoms with Crippen molar-refractivity contribution in [3.63, 3.8) is 0 Å². The number of benzene rings is 1. The molecule has 0 spiro atoms. The van der Waals surface area contributed by atoms with E-state index >= 15 is 0 Å². The van der Waals surface area contributed by atoms with E-state index in [-0.39, 0.29) is 12.5 Å². The first-order valence-corrected chi connectivity index (χ1v) is 12.1. The Kier molecular flexibility index (Phi) is 7.06. The van der Waals surface area contributed by atoms with Gasteiger partial charge < -0.3 is 4.90 Å². The Morgan fingerprint density at radius 3 is 2.68 bits per heavy atom. The molecule has 1 N–H and O–H groups in total. The molecular formula is C22H33N5O3S. The predicted molar refractivity (Wildman–Crippen MR) is 122 cm³/mol. The summed E-state index contributed by atoms with van der Waals surface area (Å²) in [6.45, 7) is 7.63. The monoisotopic (exact) mass is 447 g/mol. The summed E-state index contributed by atoms with van der Waals surface area (Å²) in [4.78, 5) is 14.9. The van der Waals surface area contributed by atoms with Gasteiger partial charge in [-0.1, -0.05) is 32.0 Å². The number of piperidine rings is 1. The van der Waals surface area contributed by atoms with E-state index in [1.54, 1.807) is 17.9 Å². The van der Waals surface area contributed by atoms with Gasteiger partial charge in [0.2, 0.25) is 5.91 Å². The van der Waals surface area contributed by atoms with Crippen LogP contribution < -0.4 is 9.03 Å². The number of nitrogens with zero attached hydrogens (tertiary/aromatic N) is 4. The Labute approximate surface area is 185 Å². The third kappa shape index (κ3) is 5.65. The standard InChI is InChI=1S/C22H33N5O3S/c1-16(2)18-9-8-17(3)19(11-18)12-22(28)24-31(29,30)27(21-13-23-26(5)15-21)20-7-6-10-25(4)14-20/h8-9,11,13,15-16,20H,6-7,10,12,14H2,1-5H3,(H,24,28). The molecule has 1 atom stereocenters. The van der Waals surface area contributed by atoms with Crippen molar-refractivity contribution in [3.8, 4) is 0 Å². The molecule has 1 aliphatic rings. The average molecular weight is 448 g/mol. The lowest BCUT2D eigenvalue weighted by atomic mass is 9.96. The maximum absolute atomic E-state index is 13.3. The highest BCUT2D eigenvalue weighted by atomic mass is 32.2. The molecule has 3 rings (SSSR count). The predicted octanol–water partition coefficient (Wildman–Crippen LogP) is 2.36. The summed E-state index contributed by atoms with van der Waals surface area (Å²) in [5, 5.41) is 4.13. The first-order chi connectivity index (χ1) is 14.6. The number of likely N-dealkylation sites (tertiary alicyclic amines) is 1. The normalized spacial score (nSPS) is 17.7. The van der Waals surface area contributed by atoms with Crippen LogP contribution in [0.2, 0.25) is 0 Å². The number of hydrogen-bond donors (Lipinski definition) is 1. The number of likely N-dealkylation sites (N-methyl/N-ethyl adjacent to an activating group) is 1. The fraction of sp³-hybridized carbons (Fsp3) is 0.545. The summed E-state index contributed by atoms with van der Waals surface area (Å²) in [5.41, 5.74) is 3.39. The van der Waals surface area contributed by atoms with Crippen molar-refractivity contribution in [2.75, 3.05) is 24.4 Å². The summed E-state index contributed by atoms with van der Waals surface area (Å²) >= 11 is 0. The minimum Gasteiger partial charge on any atom is -0.304 e. The number of hydrogen-bond acceptors (Lipinski definition) is 5. The van der Waals surface area contributed by atoms with Crippen LogP contribution in [-0.4, -0.2) is 55.2 Å². The molecule has 0 saturated carbocycles. The van der Waals surface area contributed by atoms with Gasteiger partial charge in [-0.2, -0.15) is 13.5 Å². The first-order valence-electron chi connectivity index (χ1n) is 10.7. The Morgan fingerprint density at radius 2 is 2.06 bits per heavy atom. The second-order valence-corrected chi connectivity index (χ2v) is 10.3. The number of carbonyl (C=O) groups excluding carboxylic acids is 1. The Morgan fingerprint density at radius 1 is 1.32 bits per heavy atom. The molecule has 2 aromatic rings. The molecule has 1 unspecified atom stereocenters. The number of anilines is 1. The number of amides is 1. The fourth-order valence-electron chi connectivity index (χ4n) is 4.04. The quantitative estimate of drug-likeness (QED) is 0.704. The summed E-state index contributed by atoms with van der Waals surface area (Å²) in [5.74, 6) is -0.211. The minimum atomic E-state index is -4.09. The largest absolute Gasteiger partial charge is 0.326 e. The van der Waals surface area contributed by atoms with Gasteiger partial charge in [-0.05, 0) is 56.0 Å². The number of aryl methyl sites for hydroxylation is 2. The molecule has 1 fully saturated rings. The lowest BCUT2D eigenvalue weighted by Crippen LogP contribution is -2.54. The van der Waals surface area contributed by atoms with E-state index in [2.05, 4.69) is 28.6 Å². The highest BCUT2D eigenvalue weighted by molar-refractivity contribution is 7.91. The van der Waals surface area contributed by atoms with E-state index in [1.807, 2.05) is 32.2 Å². The topological polar surface area (TPSA) is 87.5 Å². The van der Waals surface area contributed by atoms with Gasteiger partial charge in [-0.3, -0.25) is 9.48 Å². The molecule has 0 radical (unpaired) electrons. The van der Waals surface area contributed by atoms with E-state index in [0.29, 0.717) is 18.2 Å². The van der Waals surface area contributed by atoms with Crippen LogP contribution in [0.1, 0.15) is 49.3 Å². The maximum atomic E-state index is 13.3. The number of aromatic nitrogens is 2. The third-order valence-corrected chi connectivity index (χ3v) is 7.28. The van der Waals surface area contributed by atoms with Crippen molar-refractivity contribution in [2.24, 2.45) is 7.05 Å². The zero-order valence-electron chi connectivity index (χ0n) is 19.0. The number of carbonyl (C=O) groups is 1. The molecule has 2 heterocycles. The molecule has 1 saturated heterocycles. The van der Waals surface area contributed by atoms with Crippen LogP contribution in [0, 0.1) is 6.92 Å². The van der Waals surface area contributed by atoms with Crippen LogP contribution in [-0.2, 0) is 28.5 Å². The minimum absolute atomic E-state index is 0.0110.